The highest BCUT2D eigenvalue weighted by atomic mass is 35.5. The molecule has 1 amide bonds. The van der Waals surface area contributed by atoms with Crippen molar-refractivity contribution in [2.75, 3.05) is 13.7 Å². The van der Waals surface area contributed by atoms with Crippen LogP contribution in [0.25, 0.3) is 0 Å². The zero-order chi connectivity index (χ0) is 22.9. The van der Waals surface area contributed by atoms with Crippen molar-refractivity contribution in [1.29, 1.82) is 0 Å². The second kappa shape index (κ2) is 9.21. The minimum absolute atomic E-state index is 0.00173. The van der Waals surface area contributed by atoms with Gasteiger partial charge in [-0.3, -0.25) is 10.1 Å². The summed E-state index contributed by atoms with van der Waals surface area (Å²) in [6.45, 7) is 0.149. The molecule has 2 atom stereocenters. The van der Waals surface area contributed by atoms with Gasteiger partial charge < -0.3 is 19.9 Å². The van der Waals surface area contributed by atoms with E-state index in [1.165, 1.54) is 31.4 Å². The van der Waals surface area contributed by atoms with E-state index in [2.05, 4.69) is 10.6 Å². The monoisotopic (exact) mass is 466 g/mol. The van der Waals surface area contributed by atoms with Gasteiger partial charge in [0.2, 0.25) is 5.91 Å². The minimum Gasteiger partial charge on any atom is -0.497 e. The quantitative estimate of drug-likeness (QED) is 0.494. The topological polar surface area (TPSA) is 79.8 Å². The van der Waals surface area contributed by atoms with Crippen molar-refractivity contribution in [3.05, 3.63) is 58.6 Å². The Bertz CT molecular complexity index is 1000. The summed E-state index contributed by atoms with van der Waals surface area (Å²) >= 11 is 5.65. The molecular formula is C23H25ClF2N2O4. The van der Waals surface area contributed by atoms with Crippen LogP contribution in [0.5, 0.6) is 11.5 Å². The van der Waals surface area contributed by atoms with E-state index in [-0.39, 0.29) is 41.8 Å². The van der Waals surface area contributed by atoms with Gasteiger partial charge in [0.05, 0.1) is 17.5 Å². The summed E-state index contributed by atoms with van der Waals surface area (Å²) in [5.41, 5.74) is 0.154. The molecule has 5 rings (SSSR count). The van der Waals surface area contributed by atoms with Gasteiger partial charge >= 0.3 is 0 Å². The van der Waals surface area contributed by atoms with E-state index in [4.69, 9.17) is 21.1 Å². The van der Waals surface area contributed by atoms with Gasteiger partial charge in [-0.15, -0.1) is 0 Å². The summed E-state index contributed by atoms with van der Waals surface area (Å²) in [5, 5.41) is 16.3. The largest absolute Gasteiger partial charge is 0.497 e. The first-order chi connectivity index (χ1) is 15.3. The molecule has 2 aromatic rings. The number of hydrogen-bond acceptors (Lipinski definition) is 5. The normalized spacial score (nSPS) is 24.5. The average molecular weight is 467 g/mol. The van der Waals surface area contributed by atoms with E-state index < -0.39 is 23.3 Å². The Morgan fingerprint density at radius 2 is 2.00 bits per heavy atom. The number of halogens is 3. The highest BCUT2D eigenvalue weighted by Gasteiger charge is 2.60. The predicted molar refractivity (Wildman–Crippen MR) is 114 cm³/mol. The zero-order valence-corrected chi connectivity index (χ0v) is 18.3. The Balaban J connectivity index is 1.25. The molecule has 0 aliphatic heterocycles. The first-order valence-electron chi connectivity index (χ1n) is 10.4. The second-order valence-corrected chi connectivity index (χ2v) is 8.92. The summed E-state index contributed by atoms with van der Waals surface area (Å²) in [6, 6.07) is 8.40. The van der Waals surface area contributed by atoms with E-state index in [1.807, 2.05) is 0 Å². The summed E-state index contributed by atoms with van der Waals surface area (Å²) in [6.07, 6.45) is 1.11. The van der Waals surface area contributed by atoms with E-state index >= 15 is 0 Å². The van der Waals surface area contributed by atoms with Gasteiger partial charge in [-0.25, -0.2) is 8.78 Å². The molecule has 9 heteroatoms. The van der Waals surface area contributed by atoms with Crippen LogP contribution in [-0.4, -0.2) is 37.0 Å². The number of ether oxygens (including phenoxy) is 2. The number of aliphatic hydroxyl groups is 1. The molecule has 172 valence electrons. The van der Waals surface area contributed by atoms with Crippen molar-refractivity contribution in [2.24, 2.45) is 11.3 Å². The lowest BCUT2D eigenvalue weighted by atomic mass is 9.69. The van der Waals surface area contributed by atoms with Gasteiger partial charge in [0, 0.05) is 24.7 Å². The molecule has 0 radical (unpaired) electrons. The molecular weight excluding hydrogens is 442 g/mol. The maximum absolute atomic E-state index is 13.6. The van der Waals surface area contributed by atoms with Gasteiger partial charge in [0.1, 0.15) is 36.0 Å². The first kappa shape index (κ1) is 22.8. The van der Waals surface area contributed by atoms with Crippen molar-refractivity contribution in [3.8, 4) is 11.5 Å². The third-order valence-electron chi connectivity index (χ3n) is 6.29. The highest BCUT2D eigenvalue weighted by Crippen LogP contribution is 2.59. The number of amides is 1. The van der Waals surface area contributed by atoms with Crippen LogP contribution in [0.4, 0.5) is 8.78 Å². The maximum atomic E-state index is 13.6. The lowest BCUT2D eigenvalue weighted by molar-refractivity contribution is -0.135. The van der Waals surface area contributed by atoms with Gasteiger partial charge in [-0.2, -0.15) is 0 Å². The molecule has 2 bridgehead atoms. The molecule has 6 nitrogen and oxygen atoms in total. The summed E-state index contributed by atoms with van der Waals surface area (Å²) in [4.78, 5) is 12.8. The van der Waals surface area contributed by atoms with Crippen LogP contribution < -0.4 is 20.1 Å². The maximum Gasteiger partial charge on any atom is 0.226 e. The van der Waals surface area contributed by atoms with Crippen molar-refractivity contribution in [1.82, 2.24) is 10.6 Å². The number of aliphatic hydroxyl groups excluding tert-OH is 1. The van der Waals surface area contributed by atoms with Gasteiger partial charge in [0.15, 0.2) is 0 Å². The van der Waals surface area contributed by atoms with E-state index in [9.17, 15) is 18.7 Å². The zero-order valence-electron chi connectivity index (χ0n) is 17.5. The summed E-state index contributed by atoms with van der Waals surface area (Å²) < 4.78 is 37.6. The minimum atomic E-state index is -0.960. The third-order valence-corrected chi connectivity index (χ3v) is 6.60. The number of carbonyl (C=O) groups excluding carboxylic acids is 1. The van der Waals surface area contributed by atoms with Crippen LogP contribution in [-0.2, 0) is 11.3 Å². The number of rotatable bonds is 9. The summed E-state index contributed by atoms with van der Waals surface area (Å²) in [7, 11) is 1.46. The smallest absolute Gasteiger partial charge is 0.226 e. The lowest BCUT2D eigenvalue weighted by Crippen LogP contribution is -2.45. The van der Waals surface area contributed by atoms with Crippen LogP contribution in [0.1, 0.15) is 24.8 Å². The first-order valence-corrected chi connectivity index (χ1v) is 10.8. The Kier molecular flexibility index (Phi) is 6.55. The Labute approximate surface area is 189 Å². The standard InChI is InChI=1S/C23H25ClF2N2O4/c1-31-17-5-13(4-15(25)6-17)11-27-22(30)23-8-14(9-23)20(10-23)28-21(29)12-32-16-2-3-18(24)19(26)7-16/h2-7,14,20-21,28-29H,8-12H2,1H3,(H,27,30). The fraction of sp³-hybridized carbons (Fsp3) is 0.435. The third kappa shape index (κ3) is 4.82. The molecule has 0 spiro atoms. The predicted octanol–water partition coefficient (Wildman–Crippen LogP) is 3.40. The molecule has 3 aliphatic carbocycles. The SMILES string of the molecule is COc1cc(F)cc(CNC(=O)C23CC(C2)C(NC(O)COc2ccc(Cl)c(F)c2)C3)c1. The molecule has 3 N–H and O–H groups in total. The van der Waals surface area contributed by atoms with Crippen molar-refractivity contribution >= 4 is 17.5 Å². The number of fused-ring (bicyclic) bond motifs is 1. The van der Waals surface area contributed by atoms with E-state index in [0.29, 0.717) is 17.7 Å². The molecule has 3 fully saturated rings. The molecule has 2 unspecified atom stereocenters. The van der Waals surface area contributed by atoms with Crippen molar-refractivity contribution in [2.45, 2.75) is 38.1 Å². The highest BCUT2D eigenvalue weighted by molar-refractivity contribution is 6.30. The van der Waals surface area contributed by atoms with Gasteiger partial charge in [-0.05, 0) is 55.0 Å². The van der Waals surface area contributed by atoms with Crippen LogP contribution in [0.15, 0.2) is 36.4 Å². The van der Waals surface area contributed by atoms with E-state index in [0.717, 1.165) is 18.9 Å². The lowest BCUT2D eigenvalue weighted by Gasteiger charge is -2.37. The van der Waals surface area contributed by atoms with Gasteiger partial charge in [-0.1, -0.05) is 11.6 Å². The Hall–Kier alpha value is -2.42. The second-order valence-electron chi connectivity index (χ2n) is 8.51. The number of carbonyl (C=O) groups is 1. The average Bonchev–Trinajstić information content (AvgIpc) is 3.27. The molecule has 0 heterocycles. The number of methoxy groups -OCH3 is 1. The Morgan fingerprint density at radius 3 is 2.72 bits per heavy atom. The van der Waals surface area contributed by atoms with Crippen LogP contribution in [0, 0.1) is 23.0 Å². The fourth-order valence-electron chi connectivity index (χ4n) is 4.70. The number of hydrogen-bond donors (Lipinski definition) is 3. The van der Waals surface area contributed by atoms with Crippen LogP contribution in [0.3, 0.4) is 0 Å². The number of benzene rings is 2. The van der Waals surface area contributed by atoms with Crippen molar-refractivity contribution in [3.63, 3.8) is 0 Å². The van der Waals surface area contributed by atoms with Gasteiger partial charge in [0.25, 0.3) is 0 Å². The molecule has 2 aromatic carbocycles. The summed E-state index contributed by atoms with van der Waals surface area (Å²) in [5.74, 6) is -0.112. The molecule has 32 heavy (non-hydrogen) atoms. The van der Waals surface area contributed by atoms with Crippen LogP contribution in [0.2, 0.25) is 5.02 Å². The van der Waals surface area contributed by atoms with Crippen molar-refractivity contribution < 1.29 is 28.2 Å². The van der Waals surface area contributed by atoms with Crippen LogP contribution >= 0.6 is 11.6 Å². The molecule has 3 saturated carbocycles. The molecule has 0 aromatic heterocycles. The number of nitrogens with one attached hydrogen (secondary N) is 2. The fourth-order valence-corrected chi connectivity index (χ4v) is 4.82. The molecule has 3 aliphatic rings. The van der Waals surface area contributed by atoms with E-state index in [1.54, 1.807) is 6.07 Å². The molecule has 0 saturated heterocycles. The Morgan fingerprint density at radius 1 is 1.22 bits per heavy atom.